The summed E-state index contributed by atoms with van der Waals surface area (Å²) < 4.78 is 0. The largest absolute Gasteiger partial charge is 0.306 e. The van der Waals surface area contributed by atoms with E-state index < -0.39 is 0 Å². The first kappa shape index (κ1) is 13.3. The second-order valence-electron chi connectivity index (χ2n) is 4.90. The summed E-state index contributed by atoms with van der Waals surface area (Å²) in [5.74, 6) is 0.595. The molecule has 3 heteroatoms. The zero-order valence-electron chi connectivity index (χ0n) is 11.8. The van der Waals surface area contributed by atoms with E-state index in [1.165, 1.54) is 11.6 Å². The maximum Gasteiger partial charge on any atom is 0.251 e. The Kier molecular flexibility index (Phi) is 3.65. The molecule has 0 atom stereocenters. The van der Waals surface area contributed by atoms with Crippen LogP contribution in [0, 0.1) is 0 Å². The molecular formula is C18H16N2O. The molecule has 0 amide bonds. The average Bonchev–Trinajstić information content (AvgIpc) is 2.55. The van der Waals surface area contributed by atoms with Crippen LogP contribution >= 0.6 is 0 Å². The summed E-state index contributed by atoms with van der Waals surface area (Å²) in [6, 6.07) is 19.4. The van der Waals surface area contributed by atoms with Crippen molar-refractivity contribution in [3.8, 4) is 22.6 Å². The van der Waals surface area contributed by atoms with Gasteiger partial charge >= 0.3 is 0 Å². The predicted molar refractivity (Wildman–Crippen MR) is 85.1 cm³/mol. The number of nitrogens with one attached hydrogen (secondary N) is 1. The number of aromatic nitrogens is 2. The first-order valence-electron chi connectivity index (χ1n) is 7.02. The van der Waals surface area contributed by atoms with E-state index in [-0.39, 0.29) is 5.56 Å². The molecule has 1 aromatic heterocycles. The van der Waals surface area contributed by atoms with Crippen molar-refractivity contribution in [2.24, 2.45) is 0 Å². The molecule has 2 aromatic carbocycles. The highest BCUT2D eigenvalue weighted by Crippen LogP contribution is 2.20. The minimum absolute atomic E-state index is 0.140. The molecule has 1 heterocycles. The molecule has 1 N–H and O–H groups in total. The van der Waals surface area contributed by atoms with E-state index in [2.05, 4.69) is 29.0 Å². The van der Waals surface area contributed by atoms with Crippen molar-refractivity contribution >= 4 is 0 Å². The van der Waals surface area contributed by atoms with E-state index >= 15 is 0 Å². The lowest BCUT2D eigenvalue weighted by molar-refractivity contribution is 1.12. The Labute approximate surface area is 123 Å². The Hall–Kier alpha value is -2.68. The number of aromatic amines is 1. The Morgan fingerprint density at radius 2 is 1.67 bits per heavy atom. The zero-order valence-corrected chi connectivity index (χ0v) is 11.8. The molecule has 0 spiro atoms. The molecule has 0 saturated carbocycles. The van der Waals surface area contributed by atoms with Crippen LogP contribution in [0.5, 0.6) is 0 Å². The maximum atomic E-state index is 11.9. The first-order chi connectivity index (χ1) is 10.3. The Bertz CT molecular complexity index is 789. The summed E-state index contributed by atoms with van der Waals surface area (Å²) >= 11 is 0. The Balaban J connectivity index is 2.07. The summed E-state index contributed by atoms with van der Waals surface area (Å²) in [5, 5.41) is 0. The van der Waals surface area contributed by atoms with E-state index in [4.69, 9.17) is 0 Å². The second-order valence-corrected chi connectivity index (χ2v) is 4.90. The molecule has 0 unspecified atom stereocenters. The van der Waals surface area contributed by atoms with Gasteiger partial charge in [0.1, 0.15) is 5.82 Å². The average molecular weight is 276 g/mol. The molecule has 0 aliphatic heterocycles. The lowest BCUT2D eigenvalue weighted by Crippen LogP contribution is -2.08. The summed E-state index contributed by atoms with van der Waals surface area (Å²) in [6.45, 7) is 2.12. The minimum Gasteiger partial charge on any atom is -0.306 e. The smallest absolute Gasteiger partial charge is 0.251 e. The quantitative estimate of drug-likeness (QED) is 0.793. The normalized spacial score (nSPS) is 10.5. The van der Waals surface area contributed by atoms with E-state index in [0.717, 1.165) is 17.5 Å². The second kappa shape index (κ2) is 5.75. The number of hydrogen-bond acceptors (Lipinski definition) is 2. The van der Waals surface area contributed by atoms with E-state index in [1.807, 2.05) is 42.5 Å². The summed E-state index contributed by atoms with van der Waals surface area (Å²) in [7, 11) is 0. The lowest BCUT2D eigenvalue weighted by atomic mass is 10.1. The number of rotatable bonds is 3. The van der Waals surface area contributed by atoms with E-state index in [1.54, 1.807) is 0 Å². The van der Waals surface area contributed by atoms with Crippen molar-refractivity contribution < 1.29 is 0 Å². The van der Waals surface area contributed by atoms with Gasteiger partial charge in [0.2, 0.25) is 0 Å². The fourth-order valence-corrected chi connectivity index (χ4v) is 2.25. The van der Waals surface area contributed by atoms with Crippen LogP contribution in [0.2, 0.25) is 0 Å². The fourth-order valence-electron chi connectivity index (χ4n) is 2.25. The van der Waals surface area contributed by atoms with E-state index in [0.29, 0.717) is 11.5 Å². The molecule has 0 radical (unpaired) electrons. The van der Waals surface area contributed by atoms with Gasteiger partial charge < -0.3 is 4.98 Å². The van der Waals surface area contributed by atoms with Crippen molar-refractivity contribution in [3.63, 3.8) is 0 Å². The third-order valence-corrected chi connectivity index (χ3v) is 3.45. The fraction of sp³-hybridized carbons (Fsp3) is 0.111. The molecule has 0 saturated heterocycles. The van der Waals surface area contributed by atoms with E-state index in [9.17, 15) is 4.79 Å². The van der Waals surface area contributed by atoms with Gasteiger partial charge in [0.25, 0.3) is 5.56 Å². The third kappa shape index (κ3) is 2.92. The number of nitrogens with zero attached hydrogens (tertiary/aromatic N) is 1. The molecule has 104 valence electrons. The van der Waals surface area contributed by atoms with Crippen LogP contribution in [0.3, 0.4) is 0 Å². The maximum absolute atomic E-state index is 11.9. The van der Waals surface area contributed by atoms with Gasteiger partial charge in [-0.1, -0.05) is 61.5 Å². The third-order valence-electron chi connectivity index (χ3n) is 3.45. The van der Waals surface area contributed by atoms with Crippen LogP contribution in [-0.2, 0) is 6.42 Å². The zero-order chi connectivity index (χ0) is 14.7. The van der Waals surface area contributed by atoms with Crippen molar-refractivity contribution in [1.82, 2.24) is 9.97 Å². The molecule has 3 nitrogen and oxygen atoms in total. The van der Waals surface area contributed by atoms with Gasteiger partial charge in [0.15, 0.2) is 0 Å². The van der Waals surface area contributed by atoms with Gasteiger partial charge in [-0.2, -0.15) is 0 Å². The van der Waals surface area contributed by atoms with Gasteiger partial charge in [-0.3, -0.25) is 4.79 Å². The standard InChI is InChI=1S/C18H16N2O/c1-2-13-8-10-14(11-9-13)16-12-17(21)20-18(19-16)15-6-4-3-5-7-15/h3-12H,2H2,1H3,(H,19,20,21). The van der Waals surface area contributed by atoms with Gasteiger partial charge in [-0.05, 0) is 12.0 Å². The van der Waals surface area contributed by atoms with Crippen LogP contribution in [0.1, 0.15) is 12.5 Å². The first-order valence-corrected chi connectivity index (χ1v) is 7.02. The molecule has 0 aliphatic rings. The summed E-state index contributed by atoms with van der Waals surface area (Å²) in [4.78, 5) is 19.2. The predicted octanol–water partition coefficient (Wildman–Crippen LogP) is 3.67. The topological polar surface area (TPSA) is 45.8 Å². The number of aryl methyl sites for hydroxylation is 1. The highest BCUT2D eigenvalue weighted by atomic mass is 16.1. The molecule has 3 rings (SSSR count). The van der Waals surface area contributed by atoms with Crippen LogP contribution < -0.4 is 5.56 Å². The van der Waals surface area contributed by atoms with Crippen molar-refractivity contribution in [2.75, 3.05) is 0 Å². The Morgan fingerprint density at radius 1 is 0.952 bits per heavy atom. The molecule has 3 aromatic rings. The highest BCUT2D eigenvalue weighted by molar-refractivity contribution is 5.63. The molecule has 0 bridgehead atoms. The van der Waals surface area contributed by atoms with Gasteiger partial charge in [-0.15, -0.1) is 0 Å². The van der Waals surface area contributed by atoms with Crippen LogP contribution in [0.15, 0.2) is 65.5 Å². The van der Waals surface area contributed by atoms with Crippen LogP contribution in [-0.4, -0.2) is 9.97 Å². The van der Waals surface area contributed by atoms with Gasteiger partial charge in [0.05, 0.1) is 5.69 Å². The monoisotopic (exact) mass is 276 g/mol. The van der Waals surface area contributed by atoms with Gasteiger partial charge in [0, 0.05) is 17.2 Å². The summed E-state index contributed by atoms with van der Waals surface area (Å²) in [6.07, 6.45) is 0.998. The highest BCUT2D eigenvalue weighted by Gasteiger charge is 2.05. The van der Waals surface area contributed by atoms with Crippen molar-refractivity contribution in [1.29, 1.82) is 0 Å². The van der Waals surface area contributed by atoms with Crippen LogP contribution in [0.4, 0.5) is 0 Å². The summed E-state index contributed by atoms with van der Waals surface area (Å²) in [5.41, 5.74) is 3.68. The minimum atomic E-state index is -0.140. The number of hydrogen-bond donors (Lipinski definition) is 1. The molecule has 0 fully saturated rings. The van der Waals surface area contributed by atoms with Crippen LogP contribution in [0.25, 0.3) is 22.6 Å². The van der Waals surface area contributed by atoms with Gasteiger partial charge in [-0.25, -0.2) is 4.98 Å². The Morgan fingerprint density at radius 3 is 2.33 bits per heavy atom. The molecule has 21 heavy (non-hydrogen) atoms. The van der Waals surface area contributed by atoms with Crippen molar-refractivity contribution in [3.05, 3.63) is 76.6 Å². The van der Waals surface area contributed by atoms with Crippen molar-refractivity contribution in [2.45, 2.75) is 13.3 Å². The SMILES string of the molecule is CCc1ccc(-c2cc(=O)[nH]c(-c3ccccc3)n2)cc1. The molecular weight excluding hydrogens is 260 g/mol. The molecule has 0 aliphatic carbocycles. The number of benzene rings is 2. The number of H-pyrrole nitrogens is 1. The lowest BCUT2D eigenvalue weighted by Gasteiger charge is -2.05.